The lowest BCUT2D eigenvalue weighted by molar-refractivity contribution is 0.0549. The van der Waals surface area contributed by atoms with Crippen molar-refractivity contribution < 1.29 is 23.8 Å². The van der Waals surface area contributed by atoms with Gasteiger partial charge in [-0.3, -0.25) is 0 Å². The summed E-state index contributed by atoms with van der Waals surface area (Å²) >= 11 is 3.52. The monoisotopic (exact) mass is 456 g/mol. The van der Waals surface area contributed by atoms with Gasteiger partial charge in [-0.15, -0.1) is 0 Å². The van der Waals surface area contributed by atoms with Gasteiger partial charge in [-0.2, -0.15) is 5.10 Å². The highest BCUT2D eigenvalue weighted by atomic mass is 79.9. The van der Waals surface area contributed by atoms with E-state index in [1.807, 2.05) is 30.3 Å². The van der Waals surface area contributed by atoms with Gasteiger partial charge >= 0.3 is 11.9 Å². The molecular formula is C21H17BrN2O5. The first-order chi connectivity index (χ1) is 14.0. The number of halogens is 1. The molecule has 0 fully saturated rings. The Morgan fingerprint density at radius 2 is 1.83 bits per heavy atom. The van der Waals surface area contributed by atoms with Crippen LogP contribution in [0.2, 0.25) is 0 Å². The molecule has 0 amide bonds. The summed E-state index contributed by atoms with van der Waals surface area (Å²) in [7, 11) is 2.52. The summed E-state index contributed by atoms with van der Waals surface area (Å²) in [4.78, 5) is 25.3. The van der Waals surface area contributed by atoms with E-state index in [2.05, 4.69) is 21.0 Å². The summed E-state index contributed by atoms with van der Waals surface area (Å²) in [5.74, 6) is -0.573. The topological polar surface area (TPSA) is 79.7 Å². The smallest absolute Gasteiger partial charge is 0.357 e. The molecule has 0 bridgehead atoms. The van der Waals surface area contributed by atoms with E-state index < -0.39 is 11.9 Å². The summed E-state index contributed by atoms with van der Waals surface area (Å²) in [6.07, 6.45) is 0.749. The molecule has 0 spiro atoms. The fourth-order valence-corrected chi connectivity index (χ4v) is 3.97. The van der Waals surface area contributed by atoms with Crippen molar-refractivity contribution >= 4 is 27.9 Å². The van der Waals surface area contributed by atoms with E-state index >= 15 is 0 Å². The average Bonchev–Trinajstić information content (AvgIpc) is 3.38. The molecule has 0 radical (unpaired) electrons. The van der Waals surface area contributed by atoms with Gasteiger partial charge in [0.2, 0.25) is 0 Å². The number of para-hydroxylation sites is 1. The first kappa shape index (κ1) is 19.2. The number of fused-ring (bicyclic) bond motifs is 1. The minimum Gasteiger partial charge on any atom is -0.492 e. The molecule has 0 atom stereocenters. The second-order valence-corrected chi connectivity index (χ2v) is 7.20. The first-order valence-corrected chi connectivity index (χ1v) is 9.65. The number of benzene rings is 2. The minimum absolute atomic E-state index is 0.00780. The quantitative estimate of drug-likeness (QED) is 0.555. The Kier molecular flexibility index (Phi) is 5.10. The molecule has 148 valence electrons. The summed E-state index contributed by atoms with van der Waals surface area (Å²) in [6, 6.07) is 12.8. The highest BCUT2D eigenvalue weighted by molar-refractivity contribution is 9.10. The Morgan fingerprint density at radius 1 is 1.10 bits per heavy atom. The number of nitrogens with zero attached hydrogens (tertiary/aromatic N) is 2. The summed E-state index contributed by atoms with van der Waals surface area (Å²) < 4.78 is 17.7. The van der Waals surface area contributed by atoms with Gasteiger partial charge in [0.05, 0.1) is 31.0 Å². The van der Waals surface area contributed by atoms with Gasteiger partial charge in [-0.25, -0.2) is 14.3 Å². The molecule has 1 aliphatic heterocycles. The Morgan fingerprint density at radius 3 is 2.52 bits per heavy atom. The van der Waals surface area contributed by atoms with Gasteiger partial charge in [0.25, 0.3) is 0 Å². The van der Waals surface area contributed by atoms with Crippen molar-refractivity contribution in [2.75, 3.05) is 20.8 Å². The Labute approximate surface area is 175 Å². The largest absolute Gasteiger partial charge is 0.492 e. The van der Waals surface area contributed by atoms with Crippen LogP contribution < -0.4 is 4.74 Å². The maximum Gasteiger partial charge on any atom is 0.357 e. The van der Waals surface area contributed by atoms with Crippen LogP contribution in [0.1, 0.15) is 26.4 Å². The Balaban J connectivity index is 2.02. The molecule has 0 N–H and O–H groups in total. The predicted octanol–water partition coefficient (Wildman–Crippen LogP) is 3.81. The number of rotatable bonds is 4. The fourth-order valence-electron chi connectivity index (χ4n) is 3.35. The molecule has 8 heteroatoms. The zero-order chi connectivity index (χ0) is 20.5. The van der Waals surface area contributed by atoms with Crippen LogP contribution in [0.25, 0.3) is 16.9 Å². The number of ether oxygens (including phenoxy) is 3. The number of methoxy groups -OCH3 is 2. The number of carbonyl (C=O) groups excluding carboxylic acids is 2. The highest BCUT2D eigenvalue weighted by Gasteiger charge is 2.32. The van der Waals surface area contributed by atoms with Crippen LogP contribution in [0, 0.1) is 0 Å². The van der Waals surface area contributed by atoms with E-state index in [1.54, 1.807) is 12.1 Å². The first-order valence-electron chi connectivity index (χ1n) is 8.85. The highest BCUT2D eigenvalue weighted by Crippen LogP contribution is 2.39. The Hall–Kier alpha value is -3.13. The minimum atomic E-state index is -0.684. The van der Waals surface area contributed by atoms with Crippen molar-refractivity contribution in [2.45, 2.75) is 6.42 Å². The fraction of sp³-hybridized carbons (Fsp3) is 0.190. The molecule has 1 aromatic heterocycles. The number of hydrogen-bond acceptors (Lipinski definition) is 6. The lowest BCUT2D eigenvalue weighted by atomic mass is 10.0. The van der Waals surface area contributed by atoms with E-state index in [9.17, 15) is 9.59 Å². The second kappa shape index (κ2) is 7.71. The third-order valence-corrected chi connectivity index (χ3v) is 5.26. The zero-order valence-corrected chi connectivity index (χ0v) is 17.4. The van der Waals surface area contributed by atoms with E-state index in [1.165, 1.54) is 18.9 Å². The van der Waals surface area contributed by atoms with Gasteiger partial charge in [0.15, 0.2) is 5.69 Å². The molecule has 3 aromatic rings. The summed E-state index contributed by atoms with van der Waals surface area (Å²) in [5, 5.41) is 4.61. The van der Waals surface area contributed by atoms with E-state index in [0.717, 1.165) is 22.2 Å². The van der Waals surface area contributed by atoms with Crippen LogP contribution in [0.3, 0.4) is 0 Å². The molecule has 0 saturated carbocycles. The van der Waals surface area contributed by atoms with Crippen molar-refractivity contribution in [3.05, 3.63) is 63.8 Å². The van der Waals surface area contributed by atoms with Crippen LogP contribution in [0.5, 0.6) is 5.75 Å². The molecule has 2 aromatic carbocycles. The van der Waals surface area contributed by atoms with Gasteiger partial charge in [-0.1, -0.05) is 18.2 Å². The molecule has 4 rings (SSSR count). The lowest BCUT2D eigenvalue weighted by Crippen LogP contribution is -2.15. The maximum absolute atomic E-state index is 12.7. The third kappa shape index (κ3) is 3.29. The van der Waals surface area contributed by atoms with E-state index in [4.69, 9.17) is 14.2 Å². The normalized spacial score (nSPS) is 12.2. The molecule has 1 aliphatic rings. The van der Waals surface area contributed by atoms with E-state index in [0.29, 0.717) is 23.6 Å². The lowest BCUT2D eigenvalue weighted by Gasteiger charge is -2.07. The number of esters is 2. The number of carbonyl (C=O) groups is 2. The average molecular weight is 457 g/mol. The summed E-state index contributed by atoms with van der Waals surface area (Å²) in [6.45, 7) is 0.590. The van der Waals surface area contributed by atoms with Gasteiger partial charge < -0.3 is 14.2 Å². The molecule has 29 heavy (non-hydrogen) atoms. The van der Waals surface area contributed by atoms with Crippen molar-refractivity contribution in [3.8, 4) is 22.7 Å². The van der Waals surface area contributed by atoms with Crippen LogP contribution in [-0.2, 0) is 15.9 Å². The maximum atomic E-state index is 12.7. The van der Waals surface area contributed by atoms with Gasteiger partial charge in [0.1, 0.15) is 17.0 Å². The molecule has 2 heterocycles. The molecule has 0 aliphatic carbocycles. The molecular weight excluding hydrogens is 440 g/mol. The third-order valence-electron chi connectivity index (χ3n) is 4.67. The predicted molar refractivity (Wildman–Crippen MR) is 109 cm³/mol. The van der Waals surface area contributed by atoms with Crippen molar-refractivity contribution in [2.24, 2.45) is 0 Å². The van der Waals surface area contributed by atoms with Crippen molar-refractivity contribution in [1.82, 2.24) is 9.78 Å². The Bertz CT molecular complexity index is 1110. The SMILES string of the molecule is COC(=O)c1c(-c2cc(Br)c3c(c2)CCO3)nn(-c2ccccc2)c1C(=O)OC. The van der Waals surface area contributed by atoms with Crippen LogP contribution >= 0.6 is 15.9 Å². The second-order valence-electron chi connectivity index (χ2n) is 6.35. The summed E-state index contributed by atoms with van der Waals surface area (Å²) in [5.41, 5.74) is 2.67. The van der Waals surface area contributed by atoms with Crippen molar-refractivity contribution in [3.63, 3.8) is 0 Å². The van der Waals surface area contributed by atoms with Crippen LogP contribution in [-0.4, -0.2) is 42.5 Å². The zero-order valence-electron chi connectivity index (χ0n) is 15.8. The molecule has 7 nitrogen and oxygen atoms in total. The number of hydrogen-bond donors (Lipinski definition) is 0. The number of aromatic nitrogens is 2. The van der Waals surface area contributed by atoms with Gasteiger partial charge in [0, 0.05) is 12.0 Å². The van der Waals surface area contributed by atoms with Gasteiger partial charge in [-0.05, 0) is 45.8 Å². The van der Waals surface area contributed by atoms with Crippen LogP contribution in [0.15, 0.2) is 46.9 Å². The standard InChI is InChI=1S/C21H17BrN2O5/c1-27-20(25)16-17(13-10-12-8-9-29-19(12)15(22)11-13)23-24(18(16)21(26)28-2)14-6-4-3-5-7-14/h3-7,10-11H,8-9H2,1-2H3. The van der Waals surface area contributed by atoms with Crippen molar-refractivity contribution in [1.29, 1.82) is 0 Å². The molecule has 0 saturated heterocycles. The van der Waals surface area contributed by atoms with Crippen LogP contribution in [0.4, 0.5) is 0 Å². The molecule has 0 unspecified atom stereocenters. The van der Waals surface area contributed by atoms with E-state index in [-0.39, 0.29) is 11.3 Å².